The molecule has 0 bridgehead atoms. The van der Waals surface area contributed by atoms with Crippen LogP contribution >= 0.6 is 27.7 Å². The fraction of sp³-hybridized carbons (Fsp3) is 0.211. The third-order valence-electron chi connectivity index (χ3n) is 4.15. The number of aromatic nitrogens is 3. The summed E-state index contributed by atoms with van der Waals surface area (Å²) in [5, 5.41) is 10.1. The second-order valence-corrected chi connectivity index (χ2v) is 8.21. The average molecular weight is 447 g/mol. The maximum absolute atomic E-state index is 13.3. The van der Waals surface area contributed by atoms with Crippen molar-refractivity contribution in [1.29, 1.82) is 0 Å². The topological polar surface area (TPSA) is 70.7 Å². The van der Waals surface area contributed by atoms with E-state index >= 15 is 0 Å². The Bertz CT molecular complexity index is 958. The highest BCUT2D eigenvalue weighted by Crippen LogP contribution is 2.36. The van der Waals surface area contributed by atoms with E-state index in [0.29, 0.717) is 16.5 Å². The molecule has 5 nitrogen and oxygen atoms in total. The lowest BCUT2D eigenvalue weighted by molar-refractivity contribution is -0.120. The second kappa shape index (κ2) is 7.82. The summed E-state index contributed by atoms with van der Waals surface area (Å²) >= 11 is 4.74. The lowest BCUT2D eigenvalue weighted by Gasteiger charge is -2.15. The van der Waals surface area contributed by atoms with Crippen molar-refractivity contribution in [3.05, 3.63) is 64.4 Å². The fourth-order valence-corrected chi connectivity index (χ4v) is 3.99. The van der Waals surface area contributed by atoms with Crippen LogP contribution in [0.3, 0.4) is 0 Å². The summed E-state index contributed by atoms with van der Waals surface area (Å²) in [7, 11) is 0. The predicted molar refractivity (Wildman–Crippen MR) is 106 cm³/mol. The van der Waals surface area contributed by atoms with Crippen LogP contribution in [0.25, 0.3) is 11.4 Å². The molecule has 1 aliphatic carbocycles. The van der Waals surface area contributed by atoms with Crippen molar-refractivity contribution in [2.24, 2.45) is 0 Å². The van der Waals surface area contributed by atoms with Crippen molar-refractivity contribution in [2.45, 2.75) is 29.3 Å². The van der Waals surface area contributed by atoms with Gasteiger partial charge in [0.1, 0.15) is 11.1 Å². The average Bonchev–Trinajstić information content (AvgIpc) is 3.36. The van der Waals surface area contributed by atoms with Gasteiger partial charge in [-0.2, -0.15) is 0 Å². The highest BCUT2D eigenvalue weighted by Gasteiger charge is 2.30. The molecule has 1 fully saturated rings. The van der Waals surface area contributed by atoms with Gasteiger partial charge in [0, 0.05) is 16.1 Å². The zero-order valence-electron chi connectivity index (χ0n) is 14.2. The van der Waals surface area contributed by atoms with Crippen LogP contribution < -0.4 is 5.32 Å². The zero-order chi connectivity index (χ0) is 18.8. The number of benzene rings is 2. The van der Waals surface area contributed by atoms with E-state index in [1.54, 1.807) is 12.1 Å². The van der Waals surface area contributed by atoms with Crippen molar-refractivity contribution < 1.29 is 9.18 Å². The van der Waals surface area contributed by atoms with Gasteiger partial charge in [-0.25, -0.2) is 9.37 Å². The minimum absolute atomic E-state index is 0.110. The van der Waals surface area contributed by atoms with Crippen LogP contribution in [0.15, 0.2) is 58.2 Å². The van der Waals surface area contributed by atoms with Gasteiger partial charge in [0.05, 0.1) is 0 Å². The minimum atomic E-state index is -0.547. The molecule has 2 N–H and O–H groups in total. The summed E-state index contributed by atoms with van der Waals surface area (Å²) in [6, 6.07) is 13.9. The van der Waals surface area contributed by atoms with Crippen LogP contribution in [0, 0.1) is 5.82 Å². The number of hydrogen-bond acceptors (Lipinski definition) is 4. The predicted octanol–water partition coefficient (Wildman–Crippen LogP) is 4.49. The number of hydrogen-bond donors (Lipinski definition) is 2. The second-order valence-electron chi connectivity index (χ2n) is 6.28. The molecule has 8 heteroatoms. The van der Waals surface area contributed by atoms with E-state index in [2.05, 4.69) is 36.4 Å². The maximum Gasteiger partial charge on any atom is 0.238 e. The van der Waals surface area contributed by atoms with E-state index in [9.17, 15) is 9.18 Å². The molecule has 0 unspecified atom stereocenters. The van der Waals surface area contributed by atoms with Gasteiger partial charge < -0.3 is 5.32 Å². The van der Waals surface area contributed by atoms with Gasteiger partial charge in [0.25, 0.3) is 0 Å². The van der Waals surface area contributed by atoms with E-state index in [-0.39, 0.29) is 17.8 Å². The van der Waals surface area contributed by atoms with Gasteiger partial charge in [-0.1, -0.05) is 58.0 Å². The van der Waals surface area contributed by atoms with Crippen LogP contribution in [0.2, 0.25) is 0 Å². The summed E-state index contributed by atoms with van der Waals surface area (Å²) in [6.07, 6.45) is 2.00. The maximum atomic E-state index is 13.3. The van der Waals surface area contributed by atoms with Crippen LogP contribution in [-0.2, 0) is 4.79 Å². The number of aromatic amines is 1. The molecule has 27 heavy (non-hydrogen) atoms. The largest absolute Gasteiger partial charge is 0.352 e. The molecule has 1 aromatic heterocycles. The Morgan fingerprint density at radius 2 is 1.96 bits per heavy atom. The normalized spacial score (nSPS) is 14.7. The Morgan fingerprint density at radius 1 is 1.22 bits per heavy atom. The fourth-order valence-electron chi connectivity index (χ4n) is 2.59. The van der Waals surface area contributed by atoms with E-state index in [4.69, 9.17) is 0 Å². The van der Waals surface area contributed by atoms with Gasteiger partial charge >= 0.3 is 0 Å². The number of carbonyl (C=O) groups excluding carboxylic acids is 1. The molecule has 1 heterocycles. The van der Waals surface area contributed by atoms with Crippen LogP contribution in [0.4, 0.5) is 4.39 Å². The number of nitrogens with zero attached hydrogens (tertiary/aromatic N) is 2. The number of rotatable bonds is 6. The Balaban J connectivity index is 1.58. The van der Waals surface area contributed by atoms with E-state index in [1.807, 2.05) is 24.3 Å². The molecule has 3 aromatic rings. The number of amides is 1. The van der Waals surface area contributed by atoms with E-state index in [0.717, 1.165) is 22.9 Å². The first-order chi connectivity index (χ1) is 13.1. The molecule has 0 saturated heterocycles. The molecule has 2 aromatic carbocycles. The van der Waals surface area contributed by atoms with E-state index < -0.39 is 5.25 Å². The number of thioether (sulfide) groups is 1. The number of halogens is 2. The first-order valence-corrected chi connectivity index (χ1v) is 10.2. The molecule has 0 aliphatic heterocycles. The molecule has 1 amide bonds. The Labute approximate surface area is 168 Å². The lowest BCUT2D eigenvalue weighted by Crippen LogP contribution is -2.29. The first kappa shape index (κ1) is 18.2. The smallest absolute Gasteiger partial charge is 0.238 e. The zero-order valence-corrected chi connectivity index (χ0v) is 16.6. The molecule has 1 saturated carbocycles. The molecule has 4 rings (SSSR count). The Kier molecular flexibility index (Phi) is 5.27. The molecule has 1 aliphatic rings. The van der Waals surface area contributed by atoms with E-state index in [1.165, 1.54) is 23.9 Å². The van der Waals surface area contributed by atoms with Crippen LogP contribution in [0.5, 0.6) is 0 Å². The molecular formula is C19H16BrFN4OS. The summed E-state index contributed by atoms with van der Waals surface area (Å²) < 4.78 is 14.2. The number of nitrogens with one attached hydrogen (secondary N) is 2. The molecule has 1 atom stereocenters. The van der Waals surface area contributed by atoms with Crippen molar-refractivity contribution in [3.8, 4) is 11.4 Å². The lowest BCUT2D eigenvalue weighted by atomic mass is 10.1. The first-order valence-electron chi connectivity index (χ1n) is 8.50. The highest BCUT2D eigenvalue weighted by atomic mass is 79.9. The minimum Gasteiger partial charge on any atom is -0.352 e. The van der Waals surface area contributed by atoms with Crippen LogP contribution in [-0.4, -0.2) is 27.1 Å². The third-order valence-corrected chi connectivity index (χ3v) is 5.96. The molecule has 138 valence electrons. The molecular weight excluding hydrogens is 431 g/mol. The van der Waals surface area contributed by atoms with Crippen LogP contribution in [0.1, 0.15) is 23.7 Å². The highest BCUT2D eigenvalue weighted by molar-refractivity contribution is 9.10. The summed E-state index contributed by atoms with van der Waals surface area (Å²) in [5.74, 6) is 0.172. The Hall–Kier alpha value is -2.19. The Morgan fingerprint density at radius 3 is 2.67 bits per heavy atom. The SMILES string of the molecule is O=C(NC1CC1)[C@@H](Sc1n[nH]c(-c2ccccc2Br)n1)c1ccc(F)cc1. The van der Waals surface area contributed by atoms with Gasteiger partial charge in [-0.3, -0.25) is 9.89 Å². The standard InChI is InChI=1S/C19H16BrFN4OS/c20-15-4-2-1-3-14(15)17-23-19(25-24-17)27-16(18(26)22-13-9-10-13)11-5-7-12(21)8-6-11/h1-8,13,16H,9-10H2,(H,22,26)(H,23,24,25)/t16-/m0/s1. The van der Waals surface area contributed by atoms with Gasteiger partial charge in [0.2, 0.25) is 11.1 Å². The van der Waals surface area contributed by atoms with Crippen molar-refractivity contribution in [2.75, 3.05) is 0 Å². The van der Waals surface area contributed by atoms with Crippen molar-refractivity contribution >= 4 is 33.6 Å². The monoisotopic (exact) mass is 446 g/mol. The van der Waals surface area contributed by atoms with Gasteiger partial charge in [-0.15, -0.1) is 5.10 Å². The quantitative estimate of drug-likeness (QED) is 0.547. The third kappa shape index (κ3) is 4.39. The molecule has 0 spiro atoms. The molecule has 0 radical (unpaired) electrons. The number of H-pyrrole nitrogens is 1. The van der Waals surface area contributed by atoms with Crippen molar-refractivity contribution in [3.63, 3.8) is 0 Å². The van der Waals surface area contributed by atoms with Gasteiger partial charge in [-0.05, 0) is 36.6 Å². The van der Waals surface area contributed by atoms with Gasteiger partial charge in [0.15, 0.2) is 5.82 Å². The summed E-state index contributed by atoms with van der Waals surface area (Å²) in [5.41, 5.74) is 1.60. The number of carbonyl (C=O) groups is 1. The van der Waals surface area contributed by atoms with Crippen molar-refractivity contribution in [1.82, 2.24) is 20.5 Å². The summed E-state index contributed by atoms with van der Waals surface area (Å²) in [4.78, 5) is 17.2. The summed E-state index contributed by atoms with van der Waals surface area (Å²) in [6.45, 7) is 0.